The number of para-hydroxylation sites is 1. The predicted octanol–water partition coefficient (Wildman–Crippen LogP) is 3.36. The highest BCUT2D eigenvalue weighted by atomic mass is 16.5. The van der Waals surface area contributed by atoms with Gasteiger partial charge in [0.05, 0.1) is 13.5 Å². The van der Waals surface area contributed by atoms with Gasteiger partial charge in [0.1, 0.15) is 23.8 Å². The molecule has 8 nitrogen and oxygen atoms in total. The van der Waals surface area contributed by atoms with Gasteiger partial charge in [-0.15, -0.1) is 0 Å². The van der Waals surface area contributed by atoms with Crippen molar-refractivity contribution < 1.29 is 23.9 Å². The number of ether oxygens (including phenoxy) is 1. The van der Waals surface area contributed by atoms with Crippen LogP contribution in [0.5, 0.6) is 0 Å². The molecule has 36 heavy (non-hydrogen) atoms. The first-order valence-corrected chi connectivity index (χ1v) is 11.9. The smallest absolute Gasteiger partial charge is 0.313 e. The van der Waals surface area contributed by atoms with Crippen molar-refractivity contribution in [3.05, 3.63) is 66.2 Å². The summed E-state index contributed by atoms with van der Waals surface area (Å²) in [5.74, 6) is -0.648. The third-order valence-electron chi connectivity index (χ3n) is 4.42. The Balaban J connectivity index is 0. The van der Waals surface area contributed by atoms with E-state index in [2.05, 4.69) is 4.74 Å². The highest BCUT2D eigenvalue weighted by Crippen LogP contribution is 2.05. The van der Waals surface area contributed by atoms with Crippen molar-refractivity contribution >= 4 is 29.0 Å². The average molecular weight is 502 g/mol. The highest BCUT2D eigenvalue weighted by Gasteiger charge is 2.13. The van der Waals surface area contributed by atoms with Crippen LogP contribution < -0.4 is 17.2 Å². The SMILES string of the molecule is CC(C)C(=O)CC(=O)Cc1ccccc1.COC(=O)CC(=O)C(C)C.NCCN.Nc1ccccc1. The number of ketones is 3. The van der Waals surface area contributed by atoms with Gasteiger partial charge in [-0.3, -0.25) is 19.2 Å². The molecule has 0 bridgehead atoms. The molecule has 0 atom stereocenters. The maximum atomic E-state index is 11.5. The fourth-order valence-electron chi connectivity index (χ4n) is 2.16. The average Bonchev–Trinajstić information content (AvgIpc) is 2.85. The summed E-state index contributed by atoms with van der Waals surface area (Å²) in [6, 6.07) is 19.0. The van der Waals surface area contributed by atoms with Crippen LogP contribution in [0.25, 0.3) is 0 Å². The van der Waals surface area contributed by atoms with E-state index in [-0.39, 0.29) is 42.0 Å². The Morgan fingerprint density at radius 3 is 1.47 bits per heavy atom. The van der Waals surface area contributed by atoms with E-state index >= 15 is 0 Å². The largest absolute Gasteiger partial charge is 0.469 e. The minimum absolute atomic E-state index is 0.0000926. The van der Waals surface area contributed by atoms with Crippen LogP contribution in [0.1, 0.15) is 46.1 Å². The fourth-order valence-corrected chi connectivity index (χ4v) is 2.16. The molecule has 0 heterocycles. The van der Waals surface area contributed by atoms with E-state index in [1.54, 1.807) is 13.8 Å². The molecule has 0 saturated heterocycles. The summed E-state index contributed by atoms with van der Waals surface area (Å²) in [4.78, 5) is 44.1. The molecular weight excluding hydrogens is 458 g/mol. The second-order valence-electron chi connectivity index (χ2n) is 8.36. The number of carbonyl (C=O) groups is 4. The molecule has 8 heteroatoms. The number of methoxy groups -OCH3 is 1. The van der Waals surface area contributed by atoms with Gasteiger partial charge in [0, 0.05) is 37.0 Å². The number of Topliss-reactive ketones (excluding diaryl/α,β-unsaturated/α-hetero) is 3. The lowest BCUT2D eigenvalue weighted by molar-refractivity contribution is -0.144. The van der Waals surface area contributed by atoms with Crippen molar-refractivity contribution in [1.82, 2.24) is 0 Å². The van der Waals surface area contributed by atoms with Crippen molar-refractivity contribution in [3.8, 4) is 0 Å². The summed E-state index contributed by atoms with van der Waals surface area (Å²) in [6.07, 6.45) is 0.319. The van der Waals surface area contributed by atoms with Crippen molar-refractivity contribution in [2.24, 2.45) is 23.3 Å². The lowest BCUT2D eigenvalue weighted by Crippen LogP contribution is -2.14. The minimum Gasteiger partial charge on any atom is -0.469 e. The Kier molecular flexibility index (Phi) is 21.4. The molecule has 0 aliphatic heterocycles. The molecule has 0 aliphatic rings. The third kappa shape index (κ3) is 21.2. The molecule has 0 saturated carbocycles. The quantitative estimate of drug-likeness (QED) is 0.268. The van der Waals surface area contributed by atoms with E-state index in [4.69, 9.17) is 17.2 Å². The molecule has 2 aromatic carbocycles. The first-order chi connectivity index (χ1) is 17.0. The van der Waals surface area contributed by atoms with Gasteiger partial charge in [-0.2, -0.15) is 0 Å². The number of nitrogen functional groups attached to an aromatic ring is 1. The first-order valence-electron chi connectivity index (χ1n) is 11.9. The van der Waals surface area contributed by atoms with Gasteiger partial charge in [-0.1, -0.05) is 76.2 Å². The van der Waals surface area contributed by atoms with Crippen molar-refractivity contribution in [3.63, 3.8) is 0 Å². The first kappa shape index (κ1) is 34.8. The molecule has 6 N–H and O–H groups in total. The Bertz CT molecular complexity index is 867. The summed E-state index contributed by atoms with van der Waals surface area (Å²) in [6.45, 7) is 8.34. The summed E-state index contributed by atoms with van der Waals surface area (Å²) in [5.41, 5.74) is 17.0. The molecule has 200 valence electrons. The highest BCUT2D eigenvalue weighted by molar-refractivity contribution is 6.00. The van der Waals surface area contributed by atoms with Crippen LogP contribution >= 0.6 is 0 Å². The predicted molar refractivity (Wildman–Crippen MR) is 145 cm³/mol. The van der Waals surface area contributed by atoms with Crippen molar-refractivity contribution in [2.75, 3.05) is 25.9 Å². The molecule has 0 aromatic heterocycles. The monoisotopic (exact) mass is 501 g/mol. The van der Waals surface area contributed by atoms with Gasteiger partial charge in [0.2, 0.25) is 0 Å². The normalized spacial score (nSPS) is 9.47. The molecule has 0 aliphatic carbocycles. The van der Waals surface area contributed by atoms with Gasteiger partial charge in [-0.25, -0.2) is 0 Å². The summed E-state index contributed by atoms with van der Waals surface area (Å²) < 4.78 is 4.31. The summed E-state index contributed by atoms with van der Waals surface area (Å²) >= 11 is 0. The topological polar surface area (TPSA) is 156 Å². The Hall–Kier alpha value is -3.36. The Labute approximate surface area is 215 Å². The van der Waals surface area contributed by atoms with E-state index in [0.717, 1.165) is 11.3 Å². The Morgan fingerprint density at radius 1 is 0.722 bits per heavy atom. The van der Waals surface area contributed by atoms with Gasteiger partial charge in [0.15, 0.2) is 0 Å². The zero-order valence-corrected chi connectivity index (χ0v) is 22.2. The van der Waals surface area contributed by atoms with Crippen LogP contribution in [0.15, 0.2) is 60.7 Å². The number of carbonyl (C=O) groups excluding carboxylic acids is 4. The van der Waals surface area contributed by atoms with Crippen molar-refractivity contribution in [1.29, 1.82) is 0 Å². The van der Waals surface area contributed by atoms with E-state index in [1.165, 1.54) is 7.11 Å². The molecular formula is C28H43N3O5. The van der Waals surface area contributed by atoms with Gasteiger partial charge >= 0.3 is 5.97 Å². The number of hydrogen-bond donors (Lipinski definition) is 3. The molecule has 0 amide bonds. The molecule has 0 fully saturated rings. The van der Waals surface area contributed by atoms with Crippen LogP contribution in [-0.2, 0) is 30.3 Å². The van der Waals surface area contributed by atoms with E-state index in [1.807, 2.05) is 74.5 Å². The second-order valence-corrected chi connectivity index (χ2v) is 8.36. The standard InChI is InChI=1S/C13H16O2.C7H12O3.C6H7N.C2H8N2/c1-10(2)13(15)9-12(14)8-11-6-4-3-5-7-11;1-5(2)6(8)4-7(9)10-3;7-6-4-2-1-3-5-6;3-1-2-4/h3-7,10H,8-9H2,1-2H3;5H,4H2,1-3H3;1-5H,7H2;1-4H2. The van der Waals surface area contributed by atoms with Gasteiger partial charge in [0.25, 0.3) is 0 Å². The zero-order chi connectivity index (χ0) is 27.9. The van der Waals surface area contributed by atoms with Crippen LogP contribution in [0.4, 0.5) is 5.69 Å². The summed E-state index contributed by atoms with van der Waals surface area (Å²) in [7, 11) is 1.27. The van der Waals surface area contributed by atoms with Crippen molar-refractivity contribution in [2.45, 2.75) is 47.0 Å². The minimum atomic E-state index is -0.460. The van der Waals surface area contributed by atoms with Gasteiger partial charge < -0.3 is 21.9 Å². The van der Waals surface area contributed by atoms with Crippen LogP contribution in [-0.4, -0.2) is 43.5 Å². The van der Waals surface area contributed by atoms with E-state index in [9.17, 15) is 19.2 Å². The number of hydrogen-bond acceptors (Lipinski definition) is 8. The number of rotatable bonds is 9. The second kappa shape index (κ2) is 22.1. The van der Waals surface area contributed by atoms with E-state index in [0.29, 0.717) is 19.5 Å². The van der Waals surface area contributed by atoms with Gasteiger partial charge in [-0.05, 0) is 17.7 Å². The third-order valence-corrected chi connectivity index (χ3v) is 4.42. The molecule has 2 rings (SSSR count). The number of nitrogens with two attached hydrogens (primary N) is 3. The maximum absolute atomic E-state index is 11.5. The number of esters is 1. The Morgan fingerprint density at radius 2 is 1.14 bits per heavy atom. The van der Waals surface area contributed by atoms with Crippen LogP contribution in [0.3, 0.4) is 0 Å². The molecule has 2 aromatic rings. The molecule has 0 spiro atoms. The molecule has 0 radical (unpaired) electrons. The lowest BCUT2D eigenvalue weighted by atomic mass is 10.00. The van der Waals surface area contributed by atoms with Crippen LogP contribution in [0.2, 0.25) is 0 Å². The fraction of sp³-hybridized carbons (Fsp3) is 0.429. The lowest BCUT2D eigenvalue weighted by Gasteiger charge is -2.03. The number of anilines is 1. The van der Waals surface area contributed by atoms with Crippen LogP contribution in [0, 0.1) is 11.8 Å². The number of benzene rings is 2. The molecule has 0 unspecified atom stereocenters. The maximum Gasteiger partial charge on any atom is 0.313 e. The zero-order valence-electron chi connectivity index (χ0n) is 22.2. The summed E-state index contributed by atoms with van der Waals surface area (Å²) in [5, 5.41) is 0. The van der Waals surface area contributed by atoms with E-state index < -0.39 is 5.97 Å².